The minimum absolute atomic E-state index is 0.0223. The molecule has 3 rings (SSSR count). The van der Waals surface area contributed by atoms with Gasteiger partial charge in [0.1, 0.15) is 0 Å². The Morgan fingerprint density at radius 1 is 1.07 bits per heavy atom. The van der Waals surface area contributed by atoms with Crippen molar-refractivity contribution in [3.05, 3.63) is 52.2 Å². The largest absolute Gasteiger partial charge is 0.455 e. The monoisotopic (exact) mass is 450 g/mol. The summed E-state index contributed by atoms with van der Waals surface area (Å²) in [5.74, 6) is -0.809. The Kier molecular flexibility index (Phi) is 7.63. The van der Waals surface area contributed by atoms with Gasteiger partial charge >= 0.3 is 5.97 Å². The average molecular weight is 451 g/mol. The molecule has 9 heteroatoms. The minimum atomic E-state index is -3.49. The molecule has 1 amide bonds. The lowest BCUT2D eigenvalue weighted by Crippen LogP contribution is -2.35. The molecule has 0 aliphatic carbocycles. The molecule has 162 valence electrons. The summed E-state index contributed by atoms with van der Waals surface area (Å²) in [6.07, 6.45) is 2.79. The minimum Gasteiger partial charge on any atom is -0.455 e. The van der Waals surface area contributed by atoms with Crippen molar-refractivity contribution in [2.24, 2.45) is 0 Å². The lowest BCUT2D eigenvalue weighted by atomic mass is 10.1. The lowest BCUT2D eigenvalue weighted by Gasteiger charge is -2.25. The zero-order chi connectivity index (χ0) is 21.6. The molecule has 2 aromatic rings. The van der Waals surface area contributed by atoms with E-state index in [-0.39, 0.29) is 23.8 Å². The maximum Gasteiger partial charge on any atom is 0.310 e. The second-order valence-electron chi connectivity index (χ2n) is 7.33. The third-order valence-electron chi connectivity index (χ3n) is 5.01. The van der Waals surface area contributed by atoms with E-state index in [4.69, 9.17) is 4.74 Å². The van der Waals surface area contributed by atoms with Crippen molar-refractivity contribution in [3.8, 4) is 0 Å². The molecule has 0 saturated carbocycles. The molecule has 0 unspecified atom stereocenters. The van der Waals surface area contributed by atoms with Crippen molar-refractivity contribution in [2.75, 3.05) is 26.7 Å². The number of hydrogen-bond acceptors (Lipinski definition) is 6. The van der Waals surface area contributed by atoms with Crippen LogP contribution in [0.15, 0.2) is 46.0 Å². The summed E-state index contributed by atoms with van der Waals surface area (Å²) in [7, 11) is -1.83. The Balaban J connectivity index is 1.49. The zero-order valence-electron chi connectivity index (χ0n) is 17.0. The molecule has 0 radical (unpaired) electrons. The number of esters is 1. The van der Waals surface area contributed by atoms with E-state index in [1.54, 1.807) is 30.5 Å². The van der Waals surface area contributed by atoms with Crippen molar-refractivity contribution in [1.29, 1.82) is 0 Å². The Bertz CT molecular complexity index is 950. The number of benzene rings is 1. The number of rotatable bonds is 8. The topological polar surface area (TPSA) is 84.0 Å². The van der Waals surface area contributed by atoms with Crippen LogP contribution < -0.4 is 0 Å². The van der Waals surface area contributed by atoms with Crippen LogP contribution in [0.1, 0.15) is 30.4 Å². The number of likely N-dealkylation sites (N-methyl/N-ethyl adjacent to an activating group) is 1. The van der Waals surface area contributed by atoms with E-state index in [0.717, 1.165) is 24.8 Å². The number of sulfonamides is 1. The zero-order valence-corrected chi connectivity index (χ0v) is 18.6. The van der Waals surface area contributed by atoms with Crippen LogP contribution in [0.5, 0.6) is 0 Å². The molecule has 1 aliphatic heterocycles. The summed E-state index contributed by atoms with van der Waals surface area (Å²) in [6.45, 7) is 1.24. The predicted molar refractivity (Wildman–Crippen MR) is 115 cm³/mol. The molecule has 0 N–H and O–H groups in total. The first-order valence-corrected chi connectivity index (χ1v) is 12.2. The standard InChI is InChI=1S/C21H26N2O5S2/c1-22(14-18-9-12-29-16-18)20(24)15-28-21(25)13-17-5-7-19(8-6-17)30(26,27)23-10-3-2-4-11-23/h5-9,12,16H,2-4,10-11,13-15H2,1H3. The van der Waals surface area contributed by atoms with Crippen LogP contribution in [0.4, 0.5) is 0 Å². The summed E-state index contributed by atoms with van der Waals surface area (Å²) in [4.78, 5) is 25.9. The third-order valence-corrected chi connectivity index (χ3v) is 7.65. The molecule has 7 nitrogen and oxygen atoms in total. The molecule has 1 aromatic carbocycles. The van der Waals surface area contributed by atoms with Crippen molar-refractivity contribution >= 4 is 33.2 Å². The second kappa shape index (κ2) is 10.2. The molecule has 0 spiro atoms. The molecular formula is C21H26N2O5S2. The van der Waals surface area contributed by atoms with Gasteiger partial charge in [-0.1, -0.05) is 18.6 Å². The fourth-order valence-corrected chi connectivity index (χ4v) is 5.43. The number of amides is 1. The molecular weight excluding hydrogens is 424 g/mol. The van der Waals surface area contributed by atoms with Gasteiger partial charge in [0.25, 0.3) is 5.91 Å². The van der Waals surface area contributed by atoms with Gasteiger partial charge in [-0.25, -0.2) is 8.42 Å². The predicted octanol–water partition coefficient (Wildman–Crippen LogP) is 2.67. The van der Waals surface area contributed by atoms with E-state index in [1.807, 2.05) is 16.8 Å². The summed E-state index contributed by atoms with van der Waals surface area (Å²) >= 11 is 1.56. The number of carbonyl (C=O) groups excluding carboxylic acids is 2. The molecule has 30 heavy (non-hydrogen) atoms. The molecule has 1 aliphatic rings. The highest BCUT2D eigenvalue weighted by Gasteiger charge is 2.25. The van der Waals surface area contributed by atoms with Crippen LogP contribution in [0.25, 0.3) is 0 Å². The van der Waals surface area contributed by atoms with Crippen molar-refractivity contribution in [2.45, 2.75) is 37.1 Å². The summed E-state index contributed by atoms with van der Waals surface area (Å²) in [5, 5.41) is 3.90. The van der Waals surface area contributed by atoms with Crippen molar-refractivity contribution in [3.63, 3.8) is 0 Å². The quantitative estimate of drug-likeness (QED) is 0.578. The van der Waals surface area contributed by atoms with E-state index < -0.39 is 16.0 Å². The first-order chi connectivity index (χ1) is 14.4. The molecule has 1 saturated heterocycles. The van der Waals surface area contributed by atoms with Crippen LogP contribution in [0, 0.1) is 0 Å². The first kappa shape index (κ1) is 22.5. The Morgan fingerprint density at radius 3 is 2.40 bits per heavy atom. The van der Waals surface area contributed by atoms with E-state index in [2.05, 4.69) is 0 Å². The second-order valence-corrected chi connectivity index (χ2v) is 10.0. The van der Waals surface area contributed by atoms with Gasteiger partial charge in [0.05, 0.1) is 11.3 Å². The number of nitrogens with zero attached hydrogens (tertiary/aromatic N) is 2. The Hall–Kier alpha value is -2.23. The van der Waals surface area contributed by atoms with E-state index in [0.29, 0.717) is 25.2 Å². The smallest absolute Gasteiger partial charge is 0.310 e. The third kappa shape index (κ3) is 5.90. The maximum absolute atomic E-state index is 12.7. The highest BCUT2D eigenvalue weighted by Crippen LogP contribution is 2.21. The molecule has 2 heterocycles. The van der Waals surface area contributed by atoms with Crippen molar-refractivity contribution in [1.82, 2.24) is 9.21 Å². The molecule has 0 atom stereocenters. The Morgan fingerprint density at radius 2 is 1.77 bits per heavy atom. The fraction of sp³-hybridized carbons (Fsp3) is 0.429. The highest BCUT2D eigenvalue weighted by atomic mass is 32.2. The van der Waals surface area contributed by atoms with Gasteiger partial charge in [-0.3, -0.25) is 9.59 Å². The van der Waals surface area contributed by atoms with Gasteiger partial charge in [0.15, 0.2) is 6.61 Å². The fourth-order valence-electron chi connectivity index (χ4n) is 3.25. The maximum atomic E-state index is 12.7. The summed E-state index contributed by atoms with van der Waals surface area (Å²) in [5.41, 5.74) is 1.67. The van der Waals surface area contributed by atoms with Crippen LogP contribution >= 0.6 is 11.3 Å². The molecule has 1 aromatic heterocycles. The molecule has 1 fully saturated rings. The van der Waals surface area contributed by atoms with Gasteiger partial charge in [-0.05, 0) is 52.9 Å². The van der Waals surface area contributed by atoms with Gasteiger partial charge in [0, 0.05) is 26.7 Å². The van der Waals surface area contributed by atoms with Crippen LogP contribution in [-0.2, 0) is 37.3 Å². The number of carbonyl (C=O) groups is 2. The van der Waals surface area contributed by atoms with Crippen LogP contribution in [0.2, 0.25) is 0 Å². The number of piperidine rings is 1. The van der Waals surface area contributed by atoms with E-state index in [9.17, 15) is 18.0 Å². The SMILES string of the molecule is CN(Cc1ccsc1)C(=O)COC(=O)Cc1ccc(S(=O)(=O)N2CCCCC2)cc1. The summed E-state index contributed by atoms with van der Waals surface area (Å²) in [6, 6.07) is 8.21. The van der Waals surface area contributed by atoms with Crippen molar-refractivity contribution < 1.29 is 22.7 Å². The highest BCUT2D eigenvalue weighted by molar-refractivity contribution is 7.89. The van der Waals surface area contributed by atoms with Crippen LogP contribution in [-0.4, -0.2) is 56.2 Å². The van der Waals surface area contributed by atoms with Gasteiger partial charge in [-0.15, -0.1) is 0 Å². The lowest BCUT2D eigenvalue weighted by molar-refractivity contribution is -0.151. The normalized spacial score (nSPS) is 15.0. The number of hydrogen-bond donors (Lipinski definition) is 0. The van der Waals surface area contributed by atoms with Crippen LogP contribution in [0.3, 0.4) is 0 Å². The number of ether oxygens (including phenoxy) is 1. The Labute approximate surface area is 181 Å². The average Bonchev–Trinajstić information content (AvgIpc) is 3.26. The first-order valence-electron chi connectivity index (χ1n) is 9.86. The number of thiophene rings is 1. The van der Waals surface area contributed by atoms with Gasteiger partial charge in [-0.2, -0.15) is 15.6 Å². The van der Waals surface area contributed by atoms with Gasteiger partial charge < -0.3 is 9.64 Å². The van der Waals surface area contributed by atoms with E-state index in [1.165, 1.54) is 21.3 Å². The summed E-state index contributed by atoms with van der Waals surface area (Å²) < 4.78 is 31.9. The van der Waals surface area contributed by atoms with E-state index >= 15 is 0 Å². The molecule has 0 bridgehead atoms. The van der Waals surface area contributed by atoms with Gasteiger partial charge in [0.2, 0.25) is 10.0 Å².